The fraction of sp³-hybridized carbons (Fsp3) is 0.0667. The van der Waals surface area contributed by atoms with Crippen LogP contribution in [0.2, 0.25) is 0 Å². The van der Waals surface area contributed by atoms with Gasteiger partial charge < -0.3 is 4.98 Å². The van der Waals surface area contributed by atoms with Gasteiger partial charge in [-0.2, -0.15) is 0 Å². The standard InChI is InChI=1S/C15H13N3O2S/c1-9-6-7-13(21-9)15(20)18-17-14(19)11-8-16-12-5-3-2-4-10(11)12/h2-8,16H,1H3,(H,17,19)(H,18,20). The summed E-state index contributed by atoms with van der Waals surface area (Å²) in [5.74, 6) is -0.671. The summed E-state index contributed by atoms with van der Waals surface area (Å²) in [7, 11) is 0. The number of hydrogen-bond acceptors (Lipinski definition) is 3. The van der Waals surface area contributed by atoms with E-state index < -0.39 is 0 Å². The van der Waals surface area contributed by atoms with E-state index in [0.717, 1.165) is 15.8 Å². The molecule has 3 rings (SSSR count). The van der Waals surface area contributed by atoms with Crippen molar-refractivity contribution in [2.45, 2.75) is 6.92 Å². The van der Waals surface area contributed by atoms with Crippen molar-refractivity contribution in [3.63, 3.8) is 0 Å². The van der Waals surface area contributed by atoms with Gasteiger partial charge in [0.1, 0.15) is 0 Å². The van der Waals surface area contributed by atoms with Crippen LogP contribution >= 0.6 is 11.3 Å². The first kappa shape index (κ1) is 13.4. The highest BCUT2D eigenvalue weighted by molar-refractivity contribution is 7.13. The molecular weight excluding hydrogens is 286 g/mol. The number of para-hydroxylation sites is 1. The van der Waals surface area contributed by atoms with Gasteiger partial charge in [-0.25, -0.2) is 0 Å². The van der Waals surface area contributed by atoms with E-state index in [9.17, 15) is 9.59 Å². The van der Waals surface area contributed by atoms with Gasteiger partial charge in [-0.1, -0.05) is 18.2 Å². The maximum absolute atomic E-state index is 12.1. The number of hydrogen-bond donors (Lipinski definition) is 3. The van der Waals surface area contributed by atoms with E-state index in [-0.39, 0.29) is 11.8 Å². The van der Waals surface area contributed by atoms with Gasteiger partial charge in [0.2, 0.25) is 0 Å². The number of amides is 2. The van der Waals surface area contributed by atoms with Crippen molar-refractivity contribution in [3.05, 3.63) is 57.9 Å². The molecule has 0 spiro atoms. The van der Waals surface area contributed by atoms with E-state index >= 15 is 0 Å². The number of rotatable bonds is 2. The van der Waals surface area contributed by atoms with Crippen LogP contribution in [0.3, 0.4) is 0 Å². The molecule has 0 radical (unpaired) electrons. The number of carbonyl (C=O) groups excluding carboxylic acids is 2. The third kappa shape index (κ3) is 2.66. The van der Waals surface area contributed by atoms with Crippen molar-refractivity contribution in [3.8, 4) is 0 Å². The van der Waals surface area contributed by atoms with Crippen LogP contribution in [0, 0.1) is 6.92 Å². The lowest BCUT2D eigenvalue weighted by molar-refractivity contribution is 0.0850. The number of hydrazine groups is 1. The number of benzene rings is 1. The predicted octanol–water partition coefficient (Wildman–Crippen LogP) is 2.61. The monoisotopic (exact) mass is 299 g/mol. The molecule has 106 valence electrons. The minimum Gasteiger partial charge on any atom is -0.360 e. The number of aromatic amines is 1. The van der Waals surface area contributed by atoms with Gasteiger partial charge in [-0.05, 0) is 25.1 Å². The summed E-state index contributed by atoms with van der Waals surface area (Å²) in [5.41, 5.74) is 6.23. The predicted molar refractivity (Wildman–Crippen MR) is 82.3 cm³/mol. The number of carbonyl (C=O) groups is 2. The Balaban J connectivity index is 1.71. The van der Waals surface area contributed by atoms with E-state index in [1.54, 1.807) is 12.3 Å². The molecule has 0 atom stereocenters. The quantitative estimate of drug-likeness (QED) is 0.636. The highest BCUT2D eigenvalue weighted by atomic mass is 32.1. The van der Waals surface area contributed by atoms with E-state index in [2.05, 4.69) is 15.8 Å². The van der Waals surface area contributed by atoms with Gasteiger partial charge in [-0.3, -0.25) is 20.4 Å². The normalized spacial score (nSPS) is 10.5. The Morgan fingerprint density at radius 3 is 2.57 bits per heavy atom. The summed E-state index contributed by atoms with van der Waals surface area (Å²) >= 11 is 1.38. The first-order valence-electron chi connectivity index (χ1n) is 6.38. The van der Waals surface area contributed by atoms with Crippen molar-refractivity contribution in [2.75, 3.05) is 0 Å². The number of H-pyrrole nitrogens is 1. The van der Waals surface area contributed by atoms with E-state index in [1.807, 2.05) is 37.3 Å². The van der Waals surface area contributed by atoms with Crippen molar-refractivity contribution >= 4 is 34.1 Å². The van der Waals surface area contributed by atoms with Crippen molar-refractivity contribution in [1.29, 1.82) is 0 Å². The molecule has 2 amide bonds. The molecular formula is C15H13N3O2S. The molecule has 2 heterocycles. The zero-order valence-electron chi connectivity index (χ0n) is 11.3. The maximum Gasteiger partial charge on any atom is 0.279 e. The minimum absolute atomic E-state index is 0.318. The summed E-state index contributed by atoms with van der Waals surface area (Å²) in [4.78, 5) is 28.6. The first-order chi connectivity index (χ1) is 10.1. The molecule has 0 bridgehead atoms. The Morgan fingerprint density at radius 1 is 1.05 bits per heavy atom. The highest BCUT2D eigenvalue weighted by Crippen LogP contribution is 2.17. The third-order valence-corrected chi connectivity index (χ3v) is 4.09. The smallest absolute Gasteiger partial charge is 0.279 e. The maximum atomic E-state index is 12.1. The topological polar surface area (TPSA) is 74.0 Å². The molecule has 2 aromatic heterocycles. The highest BCUT2D eigenvalue weighted by Gasteiger charge is 2.13. The molecule has 5 nitrogen and oxygen atoms in total. The lowest BCUT2D eigenvalue weighted by Crippen LogP contribution is -2.41. The van der Waals surface area contributed by atoms with E-state index in [4.69, 9.17) is 0 Å². The van der Waals surface area contributed by atoms with Gasteiger partial charge in [0.15, 0.2) is 0 Å². The number of fused-ring (bicyclic) bond motifs is 1. The Hall–Kier alpha value is -2.60. The molecule has 0 aliphatic heterocycles. The molecule has 0 aliphatic carbocycles. The fourth-order valence-electron chi connectivity index (χ4n) is 2.06. The second-order valence-electron chi connectivity index (χ2n) is 4.57. The number of nitrogens with one attached hydrogen (secondary N) is 3. The van der Waals surface area contributed by atoms with Crippen molar-refractivity contribution in [2.24, 2.45) is 0 Å². The van der Waals surface area contributed by atoms with Crippen LogP contribution in [-0.2, 0) is 0 Å². The van der Waals surface area contributed by atoms with Crippen molar-refractivity contribution < 1.29 is 9.59 Å². The Kier molecular flexibility index (Phi) is 3.45. The van der Waals surface area contributed by atoms with Crippen LogP contribution in [0.15, 0.2) is 42.6 Å². The average molecular weight is 299 g/mol. The van der Waals surface area contributed by atoms with Gasteiger partial charge in [-0.15, -0.1) is 11.3 Å². The summed E-state index contributed by atoms with van der Waals surface area (Å²) in [5, 5.41) is 0.816. The zero-order chi connectivity index (χ0) is 14.8. The second kappa shape index (κ2) is 5.41. The molecule has 0 fully saturated rings. The molecule has 3 N–H and O–H groups in total. The third-order valence-electron chi connectivity index (χ3n) is 3.09. The van der Waals surface area contributed by atoms with E-state index in [1.165, 1.54) is 11.3 Å². The second-order valence-corrected chi connectivity index (χ2v) is 5.85. The van der Waals surface area contributed by atoms with Gasteiger partial charge in [0.05, 0.1) is 10.4 Å². The molecule has 0 saturated heterocycles. The summed E-state index contributed by atoms with van der Waals surface area (Å²) in [6.45, 7) is 1.92. The molecule has 1 aromatic carbocycles. The first-order valence-corrected chi connectivity index (χ1v) is 7.20. The van der Waals surface area contributed by atoms with Gasteiger partial charge >= 0.3 is 0 Å². The number of aromatic nitrogens is 1. The molecule has 6 heteroatoms. The molecule has 0 aliphatic rings. The van der Waals surface area contributed by atoms with Crippen molar-refractivity contribution in [1.82, 2.24) is 15.8 Å². The molecule has 21 heavy (non-hydrogen) atoms. The van der Waals surface area contributed by atoms with Gasteiger partial charge in [0, 0.05) is 22.0 Å². The SMILES string of the molecule is Cc1ccc(C(=O)NNC(=O)c2c[nH]c3ccccc23)s1. The minimum atomic E-state index is -0.353. The summed E-state index contributed by atoms with van der Waals surface area (Å²) < 4.78 is 0. The Bertz CT molecular complexity index is 819. The van der Waals surface area contributed by atoms with Crippen LogP contribution in [0.4, 0.5) is 0 Å². The Morgan fingerprint density at radius 2 is 1.81 bits per heavy atom. The van der Waals surface area contributed by atoms with Crippen LogP contribution in [0.5, 0.6) is 0 Å². The fourth-order valence-corrected chi connectivity index (χ4v) is 2.82. The lowest BCUT2D eigenvalue weighted by atomic mass is 10.2. The van der Waals surface area contributed by atoms with Crippen LogP contribution < -0.4 is 10.9 Å². The van der Waals surface area contributed by atoms with E-state index in [0.29, 0.717) is 10.4 Å². The number of aryl methyl sites for hydroxylation is 1. The van der Waals surface area contributed by atoms with Crippen LogP contribution in [0.1, 0.15) is 24.9 Å². The molecule has 0 saturated carbocycles. The largest absolute Gasteiger partial charge is 0.360 e. The molecule has 3 aromatic rings. The zero-order valence-corrected chi connectivity index (χ0v) is 12.1. The lowest BCUT2D eigenvalue weighted by Gasteiger charge is -2.05. The van der Waals surface area contributed by atoms with Crippen LogP contribution in [0.25, 0.3) is 10.9 Å². The number of thiophene rings is 1. The summed E-state index contributed by atoms with van der Waals surface area (Å²) in [6.07, 6.45) is 1.63. The Labute approximate surface area is 125 Å². The average Bonchev–Trinajstić information content (AvgIpc) is 3.10. The summed E-state index contributed by atoms with van der Waals surface area (Å²) in [6, 6.07) is 11.1. The molecule has 0 unspecified atom stereocenters. The van der Waals surface area contributed by atoms with Gasteiger partial charge in [0.25, 0.3) is 11.8 Å². The van der Waals surface area contributed by atoms with Crippen LogP contribution in [-0.4, -0.2) is 16.8 Å².